The third-order valence-electron chi connectivity index (χ3n) is 3.53. The highest BCUT2D eigenvalue weighted by atomic mass is 16.5. The van der Waals surface area contributed by atoms with Gasteiger partial charge in [0.1, 0.15) is 5.75 Å². The Morgan fingerprint density at radius 2 is 2.00 bits per heavy atom. The van der Waals surface area contributed by atoms with Crippen LogP contribution in [0.4, 0.5) is 0 Å². The van der Waals surface area contributed by atoms with E-state index < -0.39 is 0 Å². The van der Waals surface area contributed by atoms with E-state index in [-0.39, 0.29) is 0 Å². The zero-order valence-corrected chi connectivity index (χ0v) is 10.9. The minimum absolute atomic E-state index is 0.480. The fraction of sp³-hybridized carbons (Fsp3) is 0.312. The van der Waals surface area contributed by atoms with Crippen molar-refractivity contribution >= 4 is 0 Å². The van der Waals surface area contributed by atoms with Crippen molar-refractivity contribution in [2.24, 2.45) is 0 Å². The Morgan fingerprint density at radius 1 is 1.16 bits per heavy atom. The number of ether oxygens (including phenoxy) is 1. The van der Waals surface area contributed by atoms with E-state index in [4.69, 9.17) is 4.74 Å². The van der Waals surface area contributed by atoms with E-state index in [1.807, 2.05) is 24.5 Å². The highest BCUT2D eigenvalue weighted by Crippen LogP contribution is 2.32. The molecular weight excluding hydrogens is 236 g/mol. The van der Waals surface area contributed by atoms with Crippen LogP contribution in [-0.4, -0.2) is 24.7 Å². The molecule has 0 fully saturated rings. The highest BCUT2D eigenvalue weighted by Gasteiger charge is 2.22. The normalized spacial score (nSPS) is 16.9. The molecule has 1 atom stereocenters. The Morgan fingerprint density at radius 3 is 2.89 bits per heavy atom. The average Bonchev–Trinajstić information content (AvgIpc) is 2.88. The molecule has 3 heteroatoms. The lowest BCUT2D eigenvalue weighted by molar-refractivity contribution is 0.327. The number of aromatic nitrogens is 1. The van der Waals surface area contributed by atoms with E-state index in [1.54, 1.807) is 0 Å². The summed E-state index contributed by atoms with van der Waals surface area (Å²) in [5.41, 5.74) is 2.66. The number of fused-ring (bicyclic) bond motifs is 1. The molecule has 0 saturated heterocycles. The van der Waals surface area contributed by atoms with Crippen molar-refractivity contribution in [3.05, 3.63) is 59.9 Å². The number of benzene rings is 1. The van der Waals surface area contributed by atoms with Gasteiger partial charge in [-0.05, 0) is 36.7 Å². The van der Waals surface area contributed by atoms with Crippen LogP contribution in [0.5, 0.6) is 5.75 Å². The molecule has 0 amide bonds. The lowest BCUT2D eigenvalue weighted by atomic mass is 10.0. The van der Waals surface area contributed by atoms with Gasteiger partial charge in [0.2, 0.25) is 0 Å². The molecule has 2 aromatic rings. The van der Waals surface area contributed by atoms with Crippen LogP contribution < -0.4 is 10.1 Å². The third-order valence-corrected chi connectivity index (χ3v) is 3.53. The van der Waals surface area contributed by atoms with Crippen LogP contribution in [0.3, 0.4) is 0 Å². The van der Waals surface area contributed by atoms with Gasteiger partial charge in [-0.3, -0.25) is 4.98 Å². The number of hydrogen-bond acceptors (Lipinski definition) is 3. The Balaban J connectivity index is 1.47. The molecule has 1 aliphatic heterocycles. The van der Waals surface area contributed by atoms with Gasteiger partial charge in [-0.1, -0.05) is 18.2 Å². The van der Waals surface area contributed by atoms with Gasteiger partial charge in [0.05, 0.1) is 6.61 Å². The SMILES string of the molecule is c1ccc2c(c1)OCC2CNCCc1ccncc1. The molecule has 1 unspecified atom stereocenters. The van der Waals surface area contributed by atoms with Crippen LogP contribution in [0.15, 0.2) is 48.8 Å². The smallest absolute Gasteiger partial charge is 0.122 e. The maximum absolute atomic E-state index is 5.68. The minimum atomic E-state index is 0.480. The summed E-state index contributed by atoms with van der Waals surface area (Å²) in [7, 11) is 0. The van der Waals surface area contributed by atoms with Crippen LogP contribution in [0.2, 0.25) is 0 Å². The standard InChI is InChI=1S/C16H18N2O/c1-2-4-16-15(3-1)14(12-19-16)11-18-10-7-13-5-8-17-9-6-13/h1-6,8-9,14,18H,7,10-12H2. The molecule has 0 aliphatic carbocycles. The van der Waals surface area contributed by atoms with Crippen LogP contribution in [0.25, 0.3) is 0 Å². The van der Waals surface area contributed by atoms with E-state index in [2.05, 4.69) is 34.6 Å². The average molecular weight is 254 g/mol. The zero-order chi connectivity index (χ0) is 12.9. The van der Waals surface area contributed by atoms with Crippen molar-refractivity contribution < 1.29 is 4.74 Å². The first-order valence-electron chi connectivity index (χ1n) is 6.75. The molecule has 1 N–H and O–H groups in total. The topological polar surface area (TPSA) is 34.1 Å². The Labute approximate surface area is 113 Å². The Hall–Kier alpha value is -1.87. The van der Waals surface area contributed by atoms with Crippen molar-refractivity contribution in [2.75, 3.05) is 19.7 Å². The maximum atomic E-state index is 5.68. The minimum Gasteiger partial charge on any atom is -0.493 e. The number of hydrogen-bond donors (Lipinski definition) is 1. The van der Waals surface area contributed by atoms with Gasteiger partial charge in [-0.2, -0.15) is 0 Å². The second kappa shape index (κ2) is 5.85. The summed E-state index contributed by atoms with van der Waals surface area (Å²) >= 11 is 0. The molecule has 1 aliphatic rings. The number of nitrogens with zero attached hydrogens (tertiary/aromatic N) is 1. The van der Waals surface area contributed by atoms with Crippen molar-refractivity contribution in [2.45, 2.75) is 12.3 Å². The van der Waals surface area contributed by atoms with Crippen LogP contribution in [0.1, 0.15) is 17.0 Å². The molecule has 3 rings (SSSR count). The van der Waals surface area contributed by atoms with Gasteiger partial charge < -0.3 is 10.1 Å². The summed E-state index contributed by atoms with van der Waals surface area (Å²) in [6.07, 6.45) is 4.73. The molecule has 1 aromatic carbocycles. The Bertz CT molecular complexity index is 527. The molecule has 1 aromatic heterocycles. The van der Waals surface area contributed by atoms with Gasteiger partial charge in [0.15, 0.2) is 0 Å². The van der Waals surface area contributed by atoms with Crippen LogP contribution in [-0.2, 0) is 6.42 Å². The monoisotopic (exact) mass is 254 g/mol. The first-order chi connectivity index (χ1) is 9.43. The molecular formula is C16H18N2O. The molecule has 19 heavy (non-hydrogen) atoms. The maximum Gasteiger partial charge on any atom is 0.122 e. The van der Waals surface area contributed by atoms with E-state index >= 15 is 0 Å². The van der Waals surface area contributed by atoms with Crippen LogP contribution in [0, 0.1) is 0 Å². The van der Waals surface area contributed by atoms with Gasteiger partial charge in [0.25, 0.3) is 0 Å². The summed E-state index contributed by atoms with van der Waals surface area (Å²) in [6, 6.07) is 12.4. The third kappa shape index (κ3) is 2.93. The molecule has 3 nitrogen and oxygen atoms in total. The molecule has 98 valence electrons. The van der Waals surface area contributed by atoms with E-state index in [9.17, 15) is 0 Å². The van der Waals surface area contributed by atoms with Crippen molar-refractivity contribution in [3.8, 4) is 5.75 Å². The largest absolute Gasteiger partial charge is 0.493 e. The van der Waals surface area contributed by atoms with Gasteiger partial charge in [-0.15, -0.1) is 0 Å². The lowest BCUT2D eigenvalue weighted by Crippen LogP contribution is -2.24. The van der Waals surface area contributed by atoms with E-state index in [0.29, 0.717) is 5.92 Å². The second-order valence-electron chi connectivity index (χ2n) is 4.86. The predicted molar refractivity (Wildman–Crippen MR) is 75.5 cm³/mol. The lowest BCUT2D eigenvalue weighted by Gasteiger charge is -2.10. The Kier molecular flexibility index (Phi) is 3.75. The fourth-order valence-corrected chi connectivity index (χ4v) is 2.46. The summed E-state index contributed by atoms with van der Waals surface area (Å²) in [5, 5.41) is 3.52. The van der Waals surface area contributed by atoms with Gasteiger partial charge in [0, 0.05) is 30.4 Å². The van der Waals surface area contributed by atoms with Gasteiger partial charge in [-0.25, -0.2) is 0 Å². The summed E-state index contributed by atoms with van der Waals surface area (Å²) in [5.74, 6) is 1.53. The number of para-hydroxylation sites is 1. The highest BCUT2D eigenvalue weighted by molar-refractivity contribution is 5.39. The first-order valence-corrected chi connectivity index (χ1v) is 6.75. The van der Waals surface area contributed by atoms with Gasteiger partial charge >= 0.3 is 0 Å². The first kappa shape index (κ1) is 12.2. The molecule has 0 saturated carbocycles. The van der Waals surface area contributed by atoms with Crippen molar-refractivity contribution in [1.29, 1.82) is 0 Å². The summed E-state index contributed by atoms with van der Waals surface area (Å²) in [4.78, 5) is 4.02. The second-order valence-corrected chi connectivity index (χ2v) is 4.86. The number of rotatable bonds is 5. The van der Waals surface area contributed by atoms with E-state index in [1.165, 1.54) is 11.1 Å². The number of nitrogens with one attached hydrogen (secondary N) is 1. The predicted octanol–water partition coefficient (Wildman–Crippen LogP) is 2.39. The molecule has 2 heterocycles. The summed E-state index contributed by atoms with van der Waals surface area (Å²) < 4.78 is 5.68. The molecule has 0 bridgehead atoms. The van der Waals surface area contributed by atoms with Crippen molar-refractivity contribution in [3.63, 3.8) is 0 Å². The van der Waals surface area contributed by atoms with E-state index in [0.717, 1.165) is 31.9 Å². The number of pyridine rings is 1. The zero-order valence-electron chi connectivity index (χ0n) is 10.9. The molecule has 0 spiro atoms. The van der Waals surface area contributed by atoms with Crippen LogP contribution >= 0.6 is 0 Å². The fourth-order valence-electron chi connectivity index (χ4n) is 2.46. The quantitative estimate of drug-likeness (QED) is 0.832. The summed E-state index contributed by atoms with van der Waals surface area (Å²) in [6.45, 7) is 2.76. The molecule has 0 radical (unpaired) electrons. The van der Waals surface area contributed by atoms with Crippen molar-refractivity contribution in [1.82, 2.24) is 10.3 Å².